The van der Waals surface area contributed by atoms with Crippen molar-refractivity contribution in [3.63, 3.8) is 0 Å². The molecule has 1 fully saturated rings. The summed E-state index contributed by atoms with van der Waals surface area (Å²) in [5, 5.41) is 0. The Morgan fingerprint density at radius 3 is 2.33 bits per heavy atom. The second-order valence-corrected chi connectivity index (χ2v) is 6.48. The normalized spacial score (nSPS) is 21.8. The van der Waals surface area contributed by atoms with E-state index in [-0.39, 0.29) is 5.92 Å². The van der Waals surface area contributed by atoms with Crippen LogP contribution in [0, 0.1) is 11.7 Å². The molecule has 0 spiro atoms. The lowest BCUT2D eigenvalue weighted by atomic mass is 9.78. The number of ether oxygens (including phenoxy) is 1. The molecule has 0 unspecified atom stereocenters. The summed E-state index contributed by atoms with van der Waals surface area (Å²) in [4.78, 5) is 0. The number of hydrogen-bond acceptors (Lipinski definition) is 1. The predicted molar refractivity (Wildman–Crippen MR) is 86.4 cm³/mol. The molecule has 1 saturated carbocycles. The minimum atomic E-state index is -4.88. The van der Waals surface area contributed by atoms with Gasteiger partial charge in [0.05, 0.1) is 0 Å². The van der Waals surface area contributed by atoms with E-state index in [2.05, 4.69) is 23.0 Å². The van der Waals surface area contributed by atoms with Gasteiger partial charge in [-0.1, -0.05) is 29.9 Å². The average Bonchev–Trinajstić information content (AvgIpc) is 2.48. The first-order chi connectivity index (χ1) is 11.2. The third-order valence-corrected chi connectivity index (χ3v) is 4.24. The molecule has 0 radical (unpaired) electrons. The van der Waals surface area contributed by atoms with Gasteiger partial charge in [0.15, 0.2) is 11.6 Å². The smallest absolute Gasteiger partial charge is 0.403 e. The Bertz CT molecular complexity index is 604. The molecule has 0 bridgehead atoms. The molecule has 0 atom stereocenters. The van der Waals surface area contributed by atoms with Crippen LogP contribution in [0.4, 0.5) is 17.6 Å². The highest BCUT2D eigenvalue weighted by atomic mass is 19.4. The molecule has 0 heterocycles. The van der Waals surface area contributed by atoms with Crippen LogP contribution < -0.4 is 4.74 Å². The molecular weight excluding hydrogens is 320 g/mol. The van der Waals surface area contributed by atoms with E-state index >= 15 is 0 Å². The molecule has 0 saturated heterocycles. The van der Waals surface area contributed by atoms with Gasteiger partial charge in [0, 0.05) is 0 Å². The van der Waals surface area contributed by atoms with Crippen molar-refractivity contribution in [1.29, 1.82) is 0 Å². The van der Waals surface area contributed by atoms with Crippen LogP contribution in [0.25, 0.3) is 0 Å². The first kappa shape index (κ1) is 18.6. The van der Waals surface area contributed by atoms with Crippen LogP contribution in [-0.4, -0.2) is 6.36 Å². The molecule has 2 rings (SSSR count). The lowest BCUT2D eigenvalue weighted by Crippen LogP contribution is -2.18. The van der Waals surface area contributed by atoms with Crippen molar-refractivity contribution >= 4 is 0 Å². The molecule has 24 heavy (non-hydrogen) atoms. The molecule has 5 heteroatoms. The number of alkyl halides is 3. The lowest BCUT2D eigenvalue weighted by Gasteiger charge is -2.27. The lowest BCUT2D eigenvalue weighted by molar-refractivity contribution is -0.275. The number of halogens is 4. The zero-order chi connectivity index (χ0) is 17.7. The van der Waals surface area contributed by atoms with Gasteiger partial charge >= 0.3 is 6.36 Å². The molecule has 0 N–H and O–H groups in total. The van der Waals surface area contributed by atoms with Gasteiger partial charge in [0.1, 0.15) is 0 Å². The Labute approximate surface area is 140 Å². The van der Waals surface area contributed by atoms with Crippen LogP contribution in [0.15, 0.2) is 42.0 Å². The van der Waals surface area contributed by atoms with E-state index in [1.165, 1.54) is 17.7 Å². The summed E-state index contributed by atoms with van der Waals surface area (Å²) < 4.78 is 54.0. The molecular formula is C19H22F4O. The maximum absolute atomic E-state index is 13.8. The average molecular weight is 342 g/mol. The second kappa shape index (κ2) is 7.86. The Balaban J connectivity index is 1.96. The first-order valence-electron chi connectivity index (χ1n) is 8.11. The molecule has 0 aliphatic heterocycles. The van der Waals surface area contributed by atoms with Gasteiger partial charge in [-0.15, -0.1) is 13.2 Å². The van der Waals surface area contributed by atoms with E-state index in [4.69, 9.17) is 0 Å². The number of benzene rings is 1. The Kier molecular flexibility index (Phi) is 6.08. The largest absolute Gasteiger partial charge is 0.573 e. The van der Waals surface area contributed by atoms with Crippen LogP contribution in [0.1, 0.15) is 51.0 Å². The standard InChI is InChI=1S/C19H22F4O/c1-13(2)4-3-5-14-6-8-15(9-7-14)16-10-11-18(17(20)12-16)24-19(21,22)23/h3-5,10-12,14-15H,6-9H2,1-2H3/b5-3+. The first-order valence-corrected chi connectivity index (χ1v) is 8.11. The summed E-state index contributed by atoms with van der Waals surface area (Å²) in [5.74, 6) is -1.04. The Morgan fingerprint density at radius 1 is 1.12 bits per heavy atom. The summed E-state index contributed by atoms with van der Waals surface area (Å²) >= 11 is 0. The van der Waals surface area contributed by atoms with Gasteiger partial charge in [0.25, 0.3) is 0 Å². The van der Waals surface area contributed by atoms with Gasteiger partial charge in [-0.3, -0.25) is 0 Å². The molecule has 1 nitrogen and oxygen atoms in total. The van der Waals surface area contributed by atoms with Gasteiger partial charge in [-0.2, -0.15) is 0 Å². The molecule has 132 valence electrons. The number of allylic oxidation sites excluding steroid dienone is 4. The Hall–Kier alpha value is -1.78. The summed E-state index contributed by atoms with van der Waals surface area (Å²) in [5.41, 5.74) is 1.99. The quantitative estimate of drug-likeness (QED) is 0.447. The molecule has 1 aromatic carbocycles. The zero-order valence-electron chi connectivity index (χ0n) is 13.9. The third kappa shape index (κ3) is 5.69. The highest BCUT2D eigenvalue weighted by molar-refractivity contribution is 5.31. The monoisotopic (exact) mass is 342 g/mol. The van der Waals surface area contributed by atoms with Crippen molar-refractivity contribution in [2.75, 3.05) is 0 Å². The fourth-order valence-corrected chi connectivity index (χ4v) is 3.03. The number of hydrogen-bond donors (Lipinski definition) is 0. The van der Waals surface area contributed by atoms with Gasteiger partial charge < -0.3 is 4.74 Å². The van der Waals surface area contributed by atoms with Crippen LogP contribution in [-0.2, 0) is 0 Å². The SMILES string of the molecule is CC(C)=C/C=C/C1CCC(c2ccc(OC(F)(F)F)c(F)c2)CC1. The second-order valence-electron chi connectivity index (χ2n) is 6.48. The van der Waals surface area contributed by atoms with E-state index in [0.717, 1.165) is 37.3 Å². The maximum atomic E-state index is 13.8. The molecule has 1 aliphatic carbocycles. The van der Waals surface area contributed by atoms with Gasteiger partial charge in [-0.25, -0.2) is 4.39 Å². The summed E-state index contributed by atoms with van der Waals surface area (Å²) in [6.45, 7) is 4.09. The summed E-state index contributed by atoms with van der Waals surface area (Å²) in [6.07, 6.45) is 5.28. The topological polar surface area (TPSA) is 9.23 Å². The van der Waals surface area contributed by atoms with Crippen LogP contribution >= 0.6 is 0 Å². The van der Waals surface area contributed by atoms with Crippen molar-refractivity contribution in [2.45, 2.75) is 51.8 Å². The Morgan fingerprint density at radius 2 is 1.79 bits per heavy atom. The van der Waals surface area contributed by atoms with Crippen molar-refractivity contribution < 1.29 is 22.3 Å². The summed E-state index contributed by atoms with van der Waals surface area (Å²) in [6, 6.07) is 3.78. The van der Waals surface area contributed by atoms with E-state index in [1.54, 1.807) is 0 Å². The van der Waals surface area contributed by atoms with Crippen LogP contribution in [0.3, 0.4) is 0 Å². The van der Waals surface area contributed by atoms with Gasteiger partial charge in [0.2, 0.25) is 0 Å². The van der Waals surface area contributed by atoms with E-state index in [1.807, 2.05) is 13.8 Å². The maximum Gasteiger partial charge on any atom is 0.573 e. The summed E-state index contributed by atoms with van der Waals surface area (Å²) in [7, 11) is 0. The van der Waals surface area contributed by atoms with Crippen molar-refractivity contribution in [3.05, 3.63) is 53.4 Å². The predicted octanol–water partition coefficient (Wildman–Crippen LogP) is 6.52. The van der Waals surface area contributed by atoms with Gasteiger partial charge in [-0.05, 0) is 69.1 Å². The zero-order valence-corrected chi connectivity index (χ0v) is 13.9. The number of rotatable bonds is 4. The van der Waals surface area contributed by atoms with Crippen LogP contribution in [0.2, 0.25) is 0 Å². The van der Waals surface area contributed by atoms with E-state index in [9.17, 15) is 17.6 Å². The molecule has 0 amide bonds. The van der Waals surface area contributed by atoms with Crippen molar-refractivity contribution in [3.8, 4) is 5.75 Å². The highest BCUT2D eigenvalue weighted by Crippen LogP contribution is 2.38. The third-order valence-electron chi connectivity index (χ3n) is 4.24. The highest BCUT2D eigenvalue weighted by Gasteiger charge is 2.32. The molecule has 1 aliphatic rings. The fourth-order valence-electron chi connectivity index (χ4n) is 3.03. The minimum absolute atomic E-state index is 0.188. The van der Waals surface area contributed by atoms with E-state index in [0.29, 0.717) is 5.92 Å². The van der Waals surface area contributed by atoms with Crippen LogP contribution in [0.5, 0.6) is 5.75 Å². The van der Waals surface area contributed by atoms with Crippen molar-refractivity contribution in [2.24, 2.45) is 5.92 Å². The van der Waals surface area contributed by atoms with E-state index < -0.39 is 17.9 Å². The van der Waals surface area contributed by atoms with Crippen molar-refractivity contribution in [1.82, 2.24) is 0 Å². The fraction of sp³-hybridized carbons (Fsp3) is 0.474. The minimum Gasteiger partial charge on any atom is -0.403 e. The molecule has 1 aromatic rings. The molecule has 0 aromatic heterocycles.